The minimum atomic E-state index is 0.159. The van der Waals surface area contributed by atoms with Crippen LogP contribution in [0.2, 0.25) is 0 Å². The first-order valence-corrected chi connectivity index (χ1v) is 7.83. The fourth-order valence-corrected chi connectivity index (χ4v) is 2.62. The van der Waals surface area contributed by atoms with Gasteiger partial charge in [-0.2, -0.15) is 0 Å². The van der Waals surface area contributed by atoms with Gasteiger partial charge in [0.05, 0.1) is 5.69 Å². The lowest BCUT2D eigenvalue weighted by atomic mass is 9.96. The molecule has 0 aliphatic heterocycles. The number of benzene rings is 2. The third kappa shape index (κ3) is 3.72. The van der Waals surface area contributed by atoms with Crippen LogP contribution in [0, 0.1) is 6.92 Å². The Balaban J connectivity index is 1.79. The standard InChI is InChI=1S/C21H19NO/c1-16-9-11-17(12-10-16)13-14-21(23)19-7-3-2-6-18(19)20-8-4-5-15-22-20/h2-12,15H,13-14H2,1H3. The number of hydrogen-bond donors (Lipinski definition) is 0. The van der Waals surface area contributed by atoms with E-state index in [4.69, 9.17) is 0 Å². The number of hydrogen-bond acceptors (Lipinski definition) is 2. The first-order valence-electron chi connectivity index (χ1n) is 7.83. The lowest BCUT2D eigenvalue weighted by molar-refractivity contribution is 0.0983. The Morgan fingerprint density at radius 1 is 0.913 bits per heavy atom. The predicted molar refractivity (Wildman–Crippen MR) is 93.5 cm³/mol. The molecule has 0 saturated heterocycles. The molecule has 2 aromatic carbocycles. The van der Waals surface area contributed by atoms with Crippen molar-refractivity contribution in [1.82, 2.24) is 4.98 Å². The van der Waals surface area contributed by atoms with E-state index < -0.39 is 0 Å². The van der Waals surface area contributed by atoms with E-state index in [2.05, 4.69) is 36.2 Å². The maximum absolute atomic E-state index is 12.7. The second kappa shape index (κ2) is 7.01. The van der Waals surface area contributed by atoms with Crippen molar-refractivity contribution in [1.29, 1.82) is 0 Å². The molecule has 0 aliphatic rings. The molecule has 1 aromatic heterocycles. The summed E-state index contributed by atoms with van der Waals surface area (Å²) >= 11 is 0. The molecule has 0 aliphatic carbocycles. The lowest BCUT2D eigenvalue weighted by Crippen LogP contribution is -2.04. The number of carbonyl (C=O) groups excluding carboxylic acids is 1. The summed E-state index contributed by atoms with van der Waals surface area (Å²) in [6, 6.07) is 21.8. The number of aryl methyl sites for hydroxylation is 2. The number of carbonyl (C=O) groups is 1. The van der Waals surface area contributed by atoms with Gasteiger partial charge in [0.1, 0.15) is 0 Å². The van der Waals surface area contributed by atoms with Crippen LogP contribution in [0.15, 0.2) is 72.9 Å². The van der Waals surface area contributed by atoms with Crippen molar-refractivity contribution in [3.05, 3.63) is 89.6 Å². The number of rotatable bonds is 5. The van der Waals surface area contributed by atoms with Crippen molar-refractivity contribution in [2.75, 3.05) is 0 Å². The molecule has 0 unspecified atom stereocenters. The lowest BCUT2D eigenvalue weighted by Gasteiger charge is -2.08. The highest BCUT2D eigenvalue weighted by Crippen LogP contribution is 2.23. The van der Waals surface area contributed by atoms with Gasteiger partial charge in [0.2, 0.25) is 0 Å². The first kappa shape index (κ1) is 15.2. The van der Waals surface area contributed by atoms with Gasteiger partial charge >= 0.3 is 0 Å². The Labute approximate surface area is 136 Å². The Morgan fingerprint density at radius 2 is 1.65 bits per heavy atom. The van der Waals surface area contributed by atoms with Crippen LogP contribution in [0.5, 0.6) is 0 Å². The number of aromatic nitrogens is 1. The number of ketones is 1. The molecule has 0 amide bonds. The molecule has 0 atom stereocenters. The van der Waals surface area contributed by atoms with Crippen LogP contribution in [0.25, 0.3) is 11.3 Å². The maximum atomic E-state index is 12.7. The van der Waals surface area contributed by atoms with Gasteiger partial charge in [-0.15, -0.1) is 0 Å². The van der Waals surface area contributed by atoms with Crippen molar-refractivity contribution < 1.29 is 4.79 Å². The highest BCUT2D eigenvalue weighted by atomic mass is 16.1. The summed E-state index contributed by atoms with van der Waals surface area (Å²) < 4.78 is 0. The van der Waals surface area contributed by atoms with Crippen LogP contribution in [-0.4, -0.2) is 10.8 Å². The normalized spacial score (nSPS) is 10.5. The maximum Gasteiger partial charge on any atom is 0.163 e. The van der Waals surface area contributed by atoms with Crippen LogP contribution < -0.4 is 0 Å². The molecule has 0 spiro atoms. The van der Waals surface area contributed by atoms with Gasteiger partial charge in [-0.1, -0.05) is 60.2 Å². The van der Waals surface area contributed by atoms with E-state index in [-0.39, 0.29) is 5.78 Å². The Bertz CT molecular complexity index is 792. The molecule has 2 heteroatoms. The Morgan fingerprint density at radius 3 is 2.39 bits per heavy atom. The second-order valence-electron chi connectivity index (χ2n) is 5.67. The topological polar surface area (TPSA) is 30.0 Å². The van der Waals surface area contributed by atoms with Crippen molar-refractivity contribution >= 4 is 5.78 Å². The minimum absolute atomic E-state index is 0.159. The summed E-state index contributed by atoms with van der Waals surface area (Å²) in [7, 11) is 0. The molecule has 0 radical (unpaired) electrons. The molecule has 0 saturated carbocycles. The van der Waals surface area contributed by atoms with Crippen LogP contribution in [-0.2, 0) is 6.42 Å². The molecule has 0 bridgehead atoms. The van der Waals surface area contributed by atoms with Crippen molar-refractivity contribution in [3.63, 3.8) is 0 Å². The second-order valence-corrected chi connectivity index (χ2v) is 5.67. The molecule has 114 valence electrons. The smallest absolute Gasteiger partial charge is 0.163 e. The van der Waals surface area contributed by atoms with Gasteiger partial charge in [-0.3, -0.25) is 9.78 Å². The van der Waals surface area contributed by atoms with E-state index in [1.807, 2.05) is 42.5 Å². The number of pyridine rings is 1. The van der Waals surface area contributed by atoms with Crippen LogP contribution in [0.3, 0.4) is 0 Å². The third-order valence-corrected chi connectivity index (χ3v) is 3.93. The SMILES string of the molecule is Cc1ccc(CCC(=O)c2ccccc2-c2ccccn2)cc1. The van der Waals surface area contributed by atoms with E-state index in [1.54, 1.807) is 6.20 Å². The Hall–Kier alpha value is -2.74. The zero-order valence-electron chi connectivity index (χ0n) is 13.2. The van der Waals surface area contributed by atoms with Gasteiger partial charge < -0.3 is 0 Å². The van der Waals surface area contributed by atoms with Crippen LogP contribution in [0.4, 0.5) is 0 Å². The van der Waals surface area contributed by atoms with E-state index in [0.29, 0.717) is 6.42 Å². The third-order valence-electron chi connectivity index (χ3n) is 3.93. The van der Waals surface area contributed by atoms with Crippen LogP contribution in [0.1, 0.15) is 27.9 Å². The van der Waals surface area contributed by atoms with E-state index in [9.17, 15) is 4.79 Å². The van der Waals surface area contributed by atoms with E-state index in [1.165, 1.54) is 11.1 Å². The van der Waals surface area contributed by atoms with Crippen molar-refractivity contribution in [2.45, 2.75) is 19.8 Å². The summed E-state index contributed by atoms with van der Waals surface area (Å²) in [6.45, 7) is 2.07. The average molecular weight is 301 g/mol. The predicted octanol–water partition coefficient (Wildman–Crippen LogP) is 4.87. The van der Waals surface area contributed by atoms with Crippen LogP contribution >= 0.6 is 0 Å². The fourth-order valence-electron chi connectivity index (χ4n) is 2.62. The van der Waals surface area contributed by atoms with Crippen molar-refractivity contribution in [3.8, 4) is 11.3 Å². The molecule has 0 fully saturated rings. The molecule has 0 N–H and O–H groups in total. The van der Waals surface area contributed by atoms with Gasteiger partial charge in [0.15, 0.2) is 5.78 Å². The van der Waals surface area contributed by atoms with E-state index in [0.717, 1.165) is 23.2 Å². The number of nitrogens with zero attached hydrogens (tertiary/aromatic N) is 1. The molecule has 3 aromatic rings. The zero-order valence-corrected chi connectivity index (χ0v) is 13.2. The van der Waals surface area contributed by atoms with Crippen molar-refractivity contribution in [2.24, 2.45) is 0 Å². The first-order chi connectivity index (χ1) is 11.2. The van der Waals surface area contributed by atoms with Gasteiger partial charge in [0, 0.05) is 23.7 Å². The fraction of sp³-hybridized carbons (Fsp3) is 0.143. The average Bonchev–Trinajstić information content (AvgIpc) is 2.62. The van der Waals surface area contributed by atoms with Gasteiger partial charge in [-0.25, -0.2) is 0 Å². The zero-order chi connectivity index (χ0) is 16.1. The monoisotopic (exact) mass is 301 g/mol. The highest BCUT2D eigenvalue weighted by molar-refractivity contribution is 6.02. The molecule has 23 heavy (non-hydrogen) atoms. The summed E-state index contributed by atoms with van der Waals surface area (Å²) in [5.74, 6) is 0.159. The molecule has 1 heterocycles. The Kier molecular flexibility index (Phi) is 4.62. The summed E-state index contributed by atoms with van der Waals surface area (Å²) in [5, 5.41) is 0. The number of Topliss-reactive ketones (excluding diaryl/α,β-unsaturated/α-hetero) is 1. The molecular weight excluding hydrogens is 282 g/mol. The highest BCUT2D eigenvalue weighted by Gasteiger charge is 2.13. The molecular formula is C21H19NO. The summed E-state index contributed by atoms with van der Waals surface area (Å²) in [4.78, 5) is 17.0. The van der Waals surface area contributed by atoms with Gasteiger partial charge in [-0.05, 0) is 31.0 Å². The molecule has 3 rings (SSSR count). The quantitative estimate of drug-likeness (QED) is 0.629. The summed E-state index contributed by atoms with van der Waals surface area (Å²) in [6.07, 6.45) is 3.02. The molecule has 2 nitrogen and oxygen atoms in total. The largest absolute Gasteiger partial charge is 0.294 e. The minimum Gasteiger partial charge on any atom is -0.294 e. The summed E-state index contributed by atoms with van der Waals surface area (Å²) in [5.41, 5.74) is 4.92. The van der Waals surface area contributed by atoms with E-state index >= 15 is 0 Å². The van der Waals surface area contributed by atoms with Gasteiger partial charge in [0.25, 0.3) is 0 Å².